The first kappa shape index (κ1) is 25.4. The van der Waals surface area contributed by atoms with Gasteiger partial charge in [0.1, 0.15) is 16.7 Å². The average molecular weight is 579 g/mol. The molecule has 0 saturated heterocycles. The smallest absolute Gasteiger partial charge is 0.228 e. The lowest BCUT2D eigenvalue weighted by Crippen LogP contribution is -2.10. The van der Waals surface area contributed by atoms with Gasteiger partial charge in [0.25, 0.3) is 0 Å². The van der Waals surface area contributed by atoms with Crippen LogP contribution in [-0.2, 0) is 0 Å². The molecule has 45 heavy (non-hydrogen) atoms. The Bertz CT molecular complexity index is 2460. The van der Waals surface area contributed by atoms with Crippen LogP contribution >= 0.6 is 0 Å². The summed E-state index contributed by atoms with van der Waals surface area (Å²) in [5, 5.41) is 4.46. The molecule has 0 saturated carbocycles. The summed E-state index contributed by atoms with van der Waals surface area (Å²) in [7, 11) is 0. The first-order valence-electron chi connectivity index (χ1n) is 15.0. The molecule has 4 nitrogen and oxygen atoms in total. The van der Waals surface area contributed by atoms with E-state index in [4.69, 9.17) is 13.8 Å². The van der Waals surface area contributed by atoms with E-state index in [9.17, 15) is 0 Å². The lowest BCUT2D eigenvalue weighted by molar-refractivity contribution is 0.620. The number of rotatable bonds is 5. The summed E-state index contributed by atoms with van der Waals surface area (Å²) in [6.07, 6.45) is 0. The molecule has 2 aromatic heterocycles. The monoisotopic (exact) mass is 578 g/mol. The van der Waals surface area contributed by atoms with Crippen LogP contribution in [0.5, 0.6) is 0 Å². The van der Waals surface area contributed by atoms with E-state index in [1.807, 2.05) is 48.5 Å². The molecule has 0 aliphatic heterocycles. The van der Waals surface area contributed by atoms with Crippen molar-refractivity contribution in [3.63, 3.8) is 0 Å². The molecule has 0 fully saturated rings. The highest BCUT2D eigenvalue weighted by Gasteiger charge is 2.23. The van der Waals surface area contributed by atoms with Gasteiger partial charge in [-0.05, 0) is 88.6 Å². The maximum Gasteiger partial charge on any atom is 0.228 e. The summed E-state index contributed by atoms with van der Waals surface area (Å²) in [5.41, 5.74) is 9.56. The topological polar surface area (TPSA) is 42.4 Å². The van der Waals surface area contributed by atoms with Gasteiger partial charge in [0.2, 0.25) is 5.89 Å². The number of furan rings is 1. The summed E-state index contributed by atoms with van der Waals surface area (Å²) < 4.78 is 12.7. The minimum Gasteiger partial charge on any atom is -0.456 e. The van der Waals surface area contributed by atoms with Crippen LogP contribution in [0.1, 0.15) is 0 Å². The average Bonchev–Trinajstić information content (AvgIpc) is 3.71. The quantitative estimate of drug-likeness (QED) is 0.204. The van der Waals surface area contributed by atoms with Crippen LogP contribution < -0.4 is 4.90 Å². The highest BCUT2D eigenvalue weighted by molar-refractivity contribution is 6.18. The van der Waals surface area contributed by atoms with Gasteiger partial charge in [-0.2, -0.15) is 0 Å². The third-order valence-corrected chi connectivity index (χ3v) is 8.49. The maximum absolute atomic E-state index is 6.47. The molecule has 9 rings (SSSR count). The van der Waals surface area contributed by atoms with Crippen LogP contribution in [0.4, 0.5) is 17.1 Å². The number of nitrogens with zero attached hydrogens (tertiary/aromatic N) is 2. The van der Waals surface area contributed by atoms with Gasteiger partial charge in [-0.3, -0.25) is 0 Å². The van der Waals surface area contributed by atoms with Crippen LogP contribution in [0.25, 0.3) is 66.4 Å². The minimum absolute atomic E-state index is 0.574. The van der Waals surface area contributed by atoms with E-state index < -0.39 is 0 Å². The van der Waals surface area contributed by atoms with E-state index in [2.05, 4.69) is 114 Å². The van der Waals surface area contributed by atoms with Crippen LogP contribution in [0, 0.1) is 0 Å². The Labute approximate surface area is 259 Å². The summed E-state index contributed by atoms with van der Waals surface area (Å²) in [4.78, 5) is 7.14. The van der Waals surface area contributed by atoms with Gasteiger partial charge in [-0.15, -0.1) is 0 Å². The number of oxazole rings is 1. The molecule has 0 aliphatic carbocycles. The largest absolute Gasteiger partial charge is 0.456 e. The van der Waals surface area contributed by atoms with E-state index >= 15 is 0 Å². The molecule has 0 radical (unpaired) electrons. The van der Waals surface area contributed by atoms with Gasteiger partial charge < -0.3 is 13.7 Å². The molecule has 9 aromatic rings. The molecular weight excluding hydrogens is 552 g/mol. The summed E-state index contributed by atoms with van der Waals surface area (Å²) >= 11 is 0. The van der Waals surface area contributed by atoms with Crippen molar-refractivity contribution in [1.82, 2.24) is 4.98 Å². The van der Waals surface area contributed by atoms with E-state index in [-0.39, 0.29) is 0 Å². The van der Waals surface area contributed by atoms with Crippen molar-refractivity contribution in [3.05, 3.63) is 158 Å². The van der Waals surface area contributed by atoms with Crippen LogP contribution in [0.15, 0.2) is 167 Å². The number of hydrogen-bond acceptors (Lipinski definition) is 4. The molecule has 0 unspecified atom stereocenters. The molecule has 212 valence electrons. The first-order chi connectivity index (χ1) is 22.3. The number of anilines is 3. The first-order valence-corrected chi connectivity index (χ1v) is 15.0. The Balaban J connectivity index is 1.24. The van der Waals surface area contributed by atoms with Crippen molar-refractivity contribution >= 4 is 60.9 Å². The molecule has 0 spiro atoms. The van der Waals surface area contributed by atoms with Gasteiger partial charge in [-0.25, -0.2) is 4.98 Å². The van der Waals surface area contributed by atoms with Crippen molar-refractivity contribution in [1.29, 1.82) is 0 Å². The number of para-hydroxylation sites is 3. The van der Waals surface area contributed by atoms with Gasteiger partial charge in [-0.1, -0.05) is 91.0 Å². The van der Waals surface area contributed by atoms with Gasteiger partial charge >= 0.3 is 0 Å². The van der Waals surface area contributed by atoms with E-state index in [0.717, 1.165) is 55.7 Å². The Morgan fingerprint density at radius 1 is 0.444 bits per heavy atom. The lowest BCUT2D eigenvalue weighted by Gasteiger charge is -2.26. The van der Waals surface area contributed by atoms with Gasteiger partial charge in [0.05, 0.1) is 11.1 Å². The second-order valence-electron chi connectivity index (χ2n) is 11.2. The van der Waals surface area contributed by atoms with Crippen molar-refractivity contribution in [2.45, 2.75) is 0 Å². The second-order valence-corrected chi connectivity index (χ2v) is 11.2. The van der Waals surface area contributed by atoms with E-state index in [1.54, 1.807) is 0 Å². The number of hydrogen-bond donors (Lipinski definition) is 0. The summed E-state index contributed by atoms with van der Waals surface area (Å²) in [6.45, 7) is 0. The third kappa shape index (κ3) is 4.27. The minimum atomic E-state index is 0.574. The fourth-order valence-corrected chi connectivity index (χ4v) is 6.38. The maximum atomic E-state index is 6.47. The SMILES string of the molecule is c1ccc(N(c2ccc(-c3ccc4ccccc4c3)cc2)c2cccc3oc4cccc(-c5nc6ccccc6o5)c4c23)cc1. The van der Waals surface area contributed by atoms with Crippen LogP contribution in [0.3, 0.4) is 0 Å². The van der Waals surface area contributed by atoms with Crippen molar-refractivity contribution in [2.24, 2.45) is 0 Å². The molecule has 0 atom stereocenters. The highest BCUT2D eigenvalue weighted by Crippen LogP contribution is 2.45. The highest BCUT2D eigenvalue weighted by atomic mass is 16.3. The summed E-state index contributed by atoms with van der Waals surface area (Å²) in [6, 6.07) is 54.5. The zero-order chi connectivity index (χ0) is 29.7. The molecule has 2 heterocycles. The third-order valence-electron chi connectivity index (χ3n) is 8.49. The summed E-state index contributed by atoms with van der Waals surface area (Å²) in [5.74, 6) is 0.574. The van der Waals surface area contributed by atoms with Gasteiger partial charge in [0.15, 0.2) is 5.58 Å². The van der Waals surface area contributed by atoms with Gasteiger partial charge in [0, 0.05) is 22.3 Å². The second kappa shape index (κ2) is 10.2. The lowest BCUT2D eigenvalue weighted by atomic mass is 10.0. The Hall–Kier alpha value is -6.13. The molecule has 0 bridgehead atoms. The standard InChI is InChI=1S/C41H26N2O2/c1-2-12-31(13-3-1)43(32-24-22-28(23-25-32)30-21-20-27-10-4-5-11-29(27)26-30)35-16-9-19-38-40(35)39-33(14-8-18-37(39)44-38)41-42-34-15-6-7-17-36(34)45-41/h1-26H. The fraction of sp³-hybridized carbons (Fsp3) is 0. The predicted octanol–water partition coefficient (Wildman–Crippen LogP) is 11.7. The molecule has 0 N–H and O–H groups in total. The predicted molar refractivity (Wildman–Crippen MR) is 184 cm³/mol. The van der Waals surface area contributed by atoms with Crippen molar-refractivity contribution in [3.8, 4) is 22.6 Å². The molecule has 0 amide bonds. The Morgan fingerprint density at radius 3 is 1.96 bits per heavy atom. The van der Waals surface area contributed by atoms with Crippen LogP contribution in [0.2, 0.25) is 0 Å². The van der Waals surface area contributed by atoms with Crippen molar-refractivity contribution in [2.75, 3.05) is 4.90 Å². The molecule has 4 heteroatoms. The molecule has 0 aliphatic rings. The Kier molecular flexibility index (Phi) is 5.78. The Morgan fingerprint density at radius 2 is 1.11 bits per heavy atom. The molecular formula is C41H26N2O2. The molecule has 7 aromatic carbocycles. The number of aromatic nitrogens is 1. The number of benzene rings is 7. The van der Waals surface area contributed by atoms with E-state index in [1.165, 1.54) is 21.9 Å². The zero-order valence-corrected chi connectivity index (χ0v) is 24.2. The van der Waals surface area contributed by atoms with Crippen LogP contribution in [-0.4, -0.2) is 4.98 Å². The zero-order valence-electron chi connectivity index (χ0n) is 24.2. The number of fused-ring (bicyclic) bond motifs is 5. The van der Waals surface area contributed by atoms with Crippen molar-refractivity contribution < 1.29 is 8.83 Å². The normalized spacial score (nSPS) is 11.6. The fourth-order valence-electron chi connectivity index (χ4n) is 6.38. The van der Waals surface area contributed by atoms with E-state index in [0.29, 0.717) is 5.89 Å².